The minimum atomic E-state index is 0.559. The number of hydrogen-bond acceptors (Lipinski definition) is 3. The molecule has 0 aliphatic heterocycles. The SMILES string of the molecule is CCCNc1cccc(Nc2ccc(C(C)C)cc2)n1. The molecule has 1 aromatic heterocycles. The van der Waals surface area contributed by atoms with E-state index >= 15 is 0 Å². The van der Waals surface area contributed by atoms with Gasteiger partial charge in [-0.1, -0.05) is 39.0 Å². The Bertz CT molecular complexity index is 532. The second kappa shape index (κ2) is 6.94. The van der Waals surface area contributed by atoms with Crippen molar-refractivity contribution in [1.29, 1.82) is 0 Å². The van der Waals surface area contributed by atoms with Gasteiger partial charge in [-0.3, -0.25) is 0 Å². The highest BCUT2D eigenvalue weighted by Crippen LogP contribution is 2.20. The number of anilines is 3. The van der Waals surface area contributed by atoms with Gasteiger partial charge < -0.3 is 10.6 Å². The Morgan fingerprint density at radius 2 is 1.70 bits per heavy atom. The topological polar surface area (TPSA) is 37.0 Å². The van der Waals surface area contributed by atoms with E-state index in [1.54, 1.807) is 0 Å². The summed E-state index contributed by atoms with van der Waals surface area (Å²) < 4.78 is 0. The normalized spacial score (nSPS) is 10.6. The van der Waals surface area contributed by atoms with Gasteiger partial charge in [0.25, 0.3) is 0 Å². The summed E-state index contributed by atoms with van der Waals surface area (Å²) in [5, 5.41) is 6.63. The molecule has 0 aliphatic carbocycles. The van der Waals surface area contributed by atoms with E-state index in [0.717, 1.165) is 30.3 Å². The molecule has 3 nitrogen and oxygen atoms in total. The van der Waals surface area contributed by atoms with Gasteiger partial charge in [0.1, 0.15) is 11.6 Å². The van der Waals surface area contributed by atoms with Gasteiger partial charge in [-0.15, -0.1) is 0 Å². The third-order valence-corrected chi connectivity index (χ3v) is 3.15. The van der Waals surface area contributed by atoms with E-state index in [-0.39, 0.29) is 0 Å². The van der Waals surface area contributed by atoms with Crippen LogP contribution in [0.15, 0.2) is 42.5 Å². The Morgan fingerprint density at radius 3 is 2.35 bits per heavy atom. The molecule has 0 fully saturated rings. The lowest BCUT2D eigenvalue weighted by atomic mass is 10.0. The van der Waals surface area contributed by atoms with E-state index in [4.69, 9.17) is 0 Å². The van der Waals surface area contributed by atoms with Gasteiger partial charge in [0.15, 0.2) is 0 Å². The molecule has 0 amide bonds. The van der Waals surface area contributed by atoms with Crippen LogP contribution in [0.1, 0.15) is 38.7 Å². The van der Waals surface area contributed by atoms with E-state index in [2.05, 4.69) is 60.7 Å². The zero-order chi connectivity index (χ0) is 14.4. The summed E-state index contributed by atoms with van der Waals surface area (Å²) in [4.78, 5) is 4.54. The number of nitrogens with one attached hydrogen (secondary N) is 2. The molecule has 0 saturated carbocycles. The van der Waals surface area contributed by atoms with E-state index < -0.39 is 0 Å². The quantitative estimate of drug-likeness (QED) is 0.793. The smallest absolute Gasteiger partial charge is 0.132 e. The molecule has 0 unspecified atom stereocenters. The van der Waals surface area contributed by atoms with Gasteiger partial charge >= 0.3 is 0 Å². The van der Waals surface area contributed by atoms with Crippen LogP contribution in [0.5, 0.6) is 0 Å². The molecule has 106 valence electrons. The van der Waals surface area contributed by atoms with E-state index in [0.29, 0.717) is 5.92 Å². The lowest BCUT2D eigenvalue weighted by Gasteiger charge is -2.10. The molecule has 1 heterocycles. The minimum Gasteiger partial charge on any atom is -0.370 e. The van der Waals surface area contributed by atoms with Crippen molar-refractivity contribution >= 4 is 17.3 Å². The fraction of sp³-hybridized carbons (Fsp3) is 0.353. The molecule has 2 aromatic rings. The number of rotatable bonds is 6. The van der Waals surface area contributed by atoms with Gasteiger partial charge in [0, 0.05) is 12.2 Å². The number of hydrogen-bond donors (Lipinski definition) is 2. The molecule has 0 aliphatic rings. The van der Waals surface area contributed by atoms with E-state index in [1.165, 1.54) is 5.56 Å². The van der Waals surface area contributed by atoms with E-state index in [9.17, 15) is 0 Å². The summed E-state index contributed by atoms with van der Waals surface area (Å²) >= 11 is 0. The monoisotopic (exact) mass is 269 g/mol. The second-order valence-corrected chi connectivity index (χ2v) is 5.24. The zero-order valence-corrected chi connectivity index (χ0v) is 12.5. The predicted molar refractivity (Wildman–Crippen MR) is 86.8 cm³/mol. The largest absolute Gasteiger partial charge is 0.370 e. The fourth-order valence-electron chi connectivity index (χ4n) is 1.96. The number of nitrogens with zero attached hydrogens (tertiary/aromatic N) is 1. The molecule has 0 radical (unpaired) electrons. The Balaban J connectivity index is 2.05. The maximum Gasteiger partial charge on any atom is 0.132 e. The number of aromatic nitrogens is 1. The first-order valence-electron chi connectivity index (χ1n) is 7.27. The predicted octanol–water partition coefficient (Wildman–Crippen LogP) is 4.77. The highest BCUT2D eigenvalue weighted by Gasteiger charge is 2.01. The standard InChI is InChI=1S/C17H23N3/c1-4-12-18-16-6-5-7-17(20-16)19-15-10-8-14(9-11-15)13(2)3/h5-11,13H,4,12H2,1-3H3,(H2,18,19,20). The van der Waals surface area contributed by atoms with Gasteiger partial charge in [-0.2, -0.15) is 0 Å². The third-order valence-electron chi connectivity index (χ3n) is 3.15. The van der Waals surface area contributed by atoms with Crippen LogP contribution in [-0.4, -0.2) is 11.5 Å². The summed E-state index contributed by atoms with van der Waals surface area (Å²) in [6.45, 7) is 7.49. The van der Waals surface area contributed by atoms with Gasteiger partial charge in [-0.25, -0.2) is 4.98 Å². The van der Waals surface area contributed by atoms with Crippen LogP contribution in [-0.2, 0) is 0 Å². The average molecular weight is 269 g/mol. The molecular formula is C17H23N3. The second-order valence-electron chi connectivity index (χ2n) is 5.24. The van der Waals surface area contributed by atoms with Crippen molar-refractivity contribution in [3.8, 4) is 0 Å². The molecule has 0 saturated heterocycles. The Hall–Kier alpha value is -2.03. The van der Waals surface area contributed by atoms with Crippen LogP contribution in [0.25, 0.3) is 0 Å². The van der Waals surface area contributed by atoms with Crippen LogP contribution in [0, 0.1) is 0 Å². The summed E-state index contributed by atoms with van der Waals surface area (Å²) in [5.41, 5.74) is 2.41. The first-order chi connectivity index (χ1) is 9.69. The minimum absolute atomic E-state index is 0.559. The molecule has 0 spiro atoms. The highest BCUT2D eigenvalue weighted by atomic mass is 15.1. The van der Waals surface area contributed by atoms with Crippen LogP contribution in [0.4, 0.5) is 17.3 Å². The summed E-state index contributed by atoms with van der Waals surface area (Å²) in [6, 6.07) is 14.5. The van der Waals surface area contributed by atoms with Crippen molar-refractivity contribution in [3.05, 3.63) is 48.0 Å². The summed E-state index contributed by atoms with van der Waals surface area (Å²) in [6.07, 6.45) is 1.09. The fourth-order valence-corrected chi connectivity index (χ4v) is 1.96. The maximum absolute atomic E-state index is 4.54. The third kappa shape index (κ3) is 3.98. The molecule has 2 rings (SSSR count). The van der Waals surface area contributed by atoms with Crippen molar-refractivity contribution in [2.75, 3.05) is 17.2 Å². The lowest BCUT2D eigenvalue weighted by molar-refractivity contribution is 0.867. The first-order valence-corrected chi connectivity index (χ1v) is 7.27. The summed E-state index contributed by atoms with van der Waals surface area (Å²) in [5.74, 6) is 2.34. The molecule has 3 heteroatoms. The van der Waals surface area contributed by atoms with Crippen molar-refractivity contribution in [3.63, 3.8) is 0 Å². The molecule has 0 atom stereocenters. The molecule has 2 N–H and O–H groups in total. The van der Waals surface area contributed by atoms with Crippen LogP contribution < -0.4 is 10.6 Å². The highest BCUT2D eigenvalue weighted by molar-refractivity contribution is 5.58. The molecular weight excluding hydrogens is 246 g/mol. The maximum atomic E-state index is 4.54. The Labute approximate surface area is 121 Å². The van der Waals surface area contributed by atoms with Gasteiger partial charge in [0.05, 0.1) is 0 Å². The molecule has 20 heavy (non-hydrogen) atoms. The molecule has 0 bridgehead atoms. The Morgan fingerprint density at radius 1 is 1.00 bits per heavy atom. The number of pyridine rings is 1. The van der Waals surface area contributed by atoms with Crippen molar-refractivity contribution in [2.24, 2.45) is 0 Å². The van der Waals surface area contributed by atoms with Crippen molar-refractivity contribution in [2.45, 2.75) is 33.1 Å². The van der Waals surface area contributed by atoms with Crippen molar-refractivity contribution < 1.29 is 0 Å². The Kier molecular flexibility index (Phi) is 4.99. The molecule has 1 aromatic carbocycles. The van der Waals surface area contributed by atoms with E-state index in [1.807, 2.05) is 18.2 Å². The first kappa shape index (κ1) is 14.4. The van der Waals surface area contributed by atoms with Crippen LogP contribution in [0.3, 0.4) is 0 Å². The lowest BCUT2D eigenvalue weighted by Crippen LogP contribution is -2.03. The van der Waals surface area contributed by atoms with Gasteiger partial charge in [0.2, 0.25) is 0 Å². The van der Waals surface area contributed by atoms with Crippen LogP contribution >= 0.6 is 0 Å². The summed E-state index contributed by atoms with van der Waals surface area (Å²) in [7, 11) is 0. The van der Waals surface area contributed by atoms with Crippen molar-refractivity contribution in [1.82, 2.24) is 4.98 Å². The van der Waals surface area contributed by atoms with Gasteiger partial charge in [-0.05, 0) is 42.2 Å². The average Bonchev–Trinajstić information content (AvgIpc) is 2.46. The zero-order valence-electron chi connectivity index (χ0n) is 12.5. The number of benzene rings is 1. The van der Waals surface area contributed by atoms with Crippen LogP contribution in [0.2, 0.25) is 0 Å².